The van der Waals surface area contributed by atoms with E-state index in [0.29, 0.717) is 4.99 Å². The van der Waals surface area contributed by atoms with E-state index in [9.17, 15) is 0 Å². The second-order valence-electron chi connectivity index (χ2n) is 4.65. The fraction of sp³-hybridized carbons (Fsp3) is 0.538. The summed E-state index contributed by atoms with van der Waals surface area (Å²) >= 11 is 5.10. The van der Waals surface area contributed by atoms with E-state index in [1.807, 2.05) is 19.9 Å². The summed E-state index contributed by atoms with van der Waals surface area (Å²) < 4.78 is 5.59. The van der Waals surface area contributed by atoms with Gasteiger partial charge in [-0.3, -0.25) is 4.98 Å². The van der Waals surface area contributed by atoms with Crippen molar-refractivity contribution in [1.82, 2.24) is 4.98 Å². The van der Waals surface area contributed by atoms with E-state index in [1.54, 1.807) is 0 Å². The van der Waals surface area contributed by atoms with E-state index in [0.717, 1.165) is 48.6 Å². The van der Waals surface area contributed by atoms with Gasteiger partial charge in [-0.1, -0.05) is 12.2 Å². The van der Waals surface area contributed by atoms with Gasteiger partial charge < -0.3 is 15.8 Å². The van der Waals surface area contributed by atoms with Gasteiger partial charge in [-0.15, -0.1) is 0 Å². The number of nitrogens with one attached hydrogen (secondary N) is 1. The molecule has 98 valence electrons. The topological polar surface area (TPSA) is 60.2 Å². The summed E-state index contributed by atoms with van der Waals surface area (Å²) in [7, 11) is 0. The van der Waals surface area contributed by atoms with Gasteiger partial charge in [-0.2, -0.15) is 0 Å². The molecule has 1 aliphatic rings. The van der Waals surface area contributed by atoms with E-state index in [2.05, 4.69) is 10.3 Å². The highest BCUT2D eigenvalue weighted by atomic mass is 32.1. The highest BCUT2D eigenvalue weighted by Gasteiger charge is 2.17. The first-order valence-corrected chi connectivity index (χ1v) is 6.62. The van der Waals surface area contributed by atoms with Crippen LogP contribution in [0.4, 0.5) is 5.69 Å². The first kappa shape index (κ1) is 13.2. The third-order valence-electron chi connectivity index (χ3n) is 3.12. The molecule has 1 aliphatic heterocycles. The van der Waals surface area contributed by atoms with Crippen LogP contribution in [0, 0.1) is 13.8 Å². The number of aryl methyl sites for hydroxylation is 2. The lowest BCUT2D eigenvalue weighted by Crippen LogP contribution is -2.22. The third kappa shape index (κ3) is 2.97. The molecule has 0 spiro atoms. The molecule has 1 aromatic rings. The smallest absolute Gasteiger partial charge is 0.107 e. The summed E-state index contributed by atoms with van der Waals surface area (Å²) in [4.78, 5) is 4.78. The number of thiocarbonyl (C=S) groups is 1. The molecule has 1 fully saturated rings. The number of pyridine rings is 1. The van der Waals surface area contributed by atoms with Crippen LogP contribution in [0.25, 0.3) is 0 Å². The molecule has 0 amide bonds. The zero-order chi connectivity index (χ0) is 13.1. The minimum Gasteiger partial charge on any atom is -0.389 e. The van der Waals surface area contributed by atoms with Gasteiger partial charge in [0.05, 0.1) is 11.7 Å². The van der Waals surface area contributed by atoms with Gasteiger partial charge >= 0.3 is 0 Å². The Morgan fingerprint density at radius 1 is 1.61 bits per heavy atom. The Balaban J connectivity index is 2.16. The van der Waals surface area contributed by atoms with Gasteiger partial charge in [0.25, 0.3) is 0 Å². The maximum atomic E-state index is 5.77. The van der Waals surface area contributed by atoms with E-state index in [4.69, 9.17) is 22.7 Å². The number of hydrogen-bond donors (Lipinski definition) is 2. The molecule has 0 aromatic carbocycles. The van der Waals surface area contributed by atoms with Gasteiger partial charge in [0.2, 0.25) is 0 Å². The first-order valence-electron chi connectivity index (χ1n) is 6.21. The molecule has 2 heterocycles. The summed E-state index contributed by atoms with van der Waals surface area (Å²) in [6, 6.07) is 1.98. The fourth-order valence-electron chi connectivity index (χ4n) is 2.31. The van der Waals surface area contributed by atoms with Crippen molar-refractivity contribution < 1.29 is 4.74 Å². The number of aromatic nitrogens is 1. The second-order valence-corrected chi connectivity index (χ2v) is 5.09. The number of nitrogens with zero attached hydrogens (tertiary/aromatic N) is 1. The predicted molar refractivity (Wildman–Crippen MR) is 77.1 cm³/mol. The van der Waals surface area contributed by atoms with Crippen molar-refractivity contribution in [2.45, 2.75) is 32.8 Å². The minimum atomic E-state index is 0.290. The van der Waals surface area contributed by atoms with Crippen LogP contribution in [-0.2, 0) is 4.74 Å². The van der Waals surface area contributed by atoms with Crippen LogP contribution in [0.2, 0.25) is 0 Å². The van der Waals surface area contributed by atoms with Crippen molar-refractivity contribution in [3.63, 3.8) is 0 Å². The number of ether oxygens (including phenoxy) is 1. The SMILES string of the molecule is Cc1cc(NCC2CCCO2)c(C(N)=S)c(C)n1. The highest BCUT2D eigenvalue weighted by Crippen LogP contribution is 2.21. The van der Waals surface area contributed by atoms with E-state index in [-0.39, 0.29) is 6.10 Å². The van der Waals surface area contributed by atoms with Gasteiger partial charge in [-0.05, 0) is 32.8 Å². The highest BCUT2D eigenvalue weighted by molar-refractivity contribution is 7.80. The Kier molecular flexibility index (Phi) is 4.14. The average Bonchev–Trinajstić information content (AvgIpc) is 2.77. The second kappa shape index (κ2) is 5.63. The number of hydrogen-bond acceptors (Lipinski definition) is 4. The molecule has 3 N–H and O–H groups in total. The predicted octanol–water partition coefficient (Wildman–Crippen LogP) is 1.92. The van der Waals surface area contributed by atoms with Gasteiger partial charge in [-0.25, -0.2) is 0 Å². The summed E-state index contributed by atoms with van der Waals surface area (Å²) in [5.74, 6) is 0. The summed E-state index contributed by atoms with van der Waals surface area (Å²) in [5, 5.41) is 3.39. The maximum absolute atomic E-state index is 5.77. The summed E-state index contributed by atoms with van der Waals surface area (Å²) in [5.41, 5.74) is 9.40. The van der Waals surface area contributed by atoms with Crippen LogP contribution in [0.5, 0.6) is 0 Å². The average molecular weight is 265 g/mol. The monoisotopic (exact) mass is 265 g/mol. The zero-order valence-corrected chi connectivity index (χ0v) is 11.6. The van der Waals surface area contributed by atoms with Crippen LogP contribution < -0.4 is 11.1 Å². The lowest BCUT2D eigenvalue weighted by atomic mass is 10.1. The van der Waals surface area contributed by atoms with Crippen molar-refractivity contribution >= 4 is 22.9 Å². The maximum Gasteiger partial charge on any atom is 0.107 e. The zero-order valence-electron chi connectivity index (χ0n) is 10.8. The number of anilines is 1. The summed E-state index contributed by atoms with van der Waals surface area (Å²) in [6.07, 6.45) is 2.54. The Morgan fingerprint density at radius 3 is 3.00 bits per heavy atom. The molecular formula is C13H19N3OS. The van der Waals surface area contributed by atoms with E-state index < -0.39 is 0 Å². The quantitative estimate of drug-likeness (QED) is 0.815. The van der Waals surface area contributed by atoms with Crippen molar-refractivity contribution in [3.8, 4) is 0 Å². The Labute approximate surface area is 113 Å². The van der Waals surface area contributed by atoms with Crippen LogP contribution in [0.1, 0.15) is 29.8 Å². The first-order chi connectivity index (χ1) is 8.58. The van der Waals surface area contributed by atoms with Crippen molar-refractivity contribution in [2.75, 3.05) is 18.5 Å². The minimum absolute atomic E-state index is 0.290. The Hall–Kier alpha value is -1.20. The molecule has 0 saturated carbocycles. The lowest BCUT2D eigenvalue weighted by molar-refractivity contribution is 0.120. The molecule has 18 heavy (non-hydrogen) atoms. The van der Waals surface area contributed by atoms with Gasteiger partial charge in [0, 0.05) is 30.2 Å². The summed E-state index contributed by atoms with van der Waals surface area (Å²) in [6.45, 7) is 5.55. The molecule has 1 unspecified atom stereocenters. The molecular weight excluding hydrogens is 246 g/mol. The van der Waals surface area contributed by atoms with Crippen molar-refractivity contribution in [1.29, 1.82) is 0 Å². The molecule has 0 bridgehead atoms. The standard InChI is InChI=1S/C13H19N3OS/c1-8-6-11(12(13(14)18)9(2)16-8)15-7-10-4-3-5-17-10/h6,10H,3-5,7H2,1-2H3,(H2,14,18)(H,15,16). The van der Waals surface area contributed by atoms with Crippen LogP contribution >= 0.6 is 12.2 Å². The molecule has 0 aliphatic carbocycles. The van der Waals surface area contributed by atoms with Crippen LogP contribution in [-0.4, -0.2) is 29.2 Å². The number of nitrogens with two attached hydrogens (primary N) is 1. The molecule has 4 nitrogen and oxygen atoms in total. The Bertz CT molecular complexity index is 456. The fourth-order valence-corrected chi connectivity index (χ4v) is 2.57. The molecule has 5 heteroatoms. The van der Waals surface area contributed by atoms with Gasteiger partial charge in [0.1, 0.15) is 4.99 Å². The van der Waals surface area contributed by atoms with Gasteiger partial charge in [0.15, 0.2) is 0 Å². The molecule has 2 rings (SSSR count). The lowest BCUT2D eigenvalue weighted by Gasteiger charge is -2.16. The normalized spacial score (nSPS) is 18.9. The molecule has 1 saturated heterocycles. The molecule has 0 radical (unpaired) electrons. The van der Waals surface area contributed by atoms with Crippen LogP contribution in [0.15, 0.2) is 6.07 Å². The van der Waals surface area contributed by atoms with Crippen LogP contribution in [0.3, 0.4) is 0 Å². The van der Waals surface area contributed by atoms with E-state index >= 15 is 0 Å². The number of rotatable bonds is 4. The third-order valence-corrected chi connectivity index (χ3v) is 3.32. The van der Waals surface area contributed by atoms with Crippen molar-refractivity contribution in [2.24, 2.45) is 5.73 Å². The Morgan fingerprint density at radius 2 is 2.39 bits per heavy atom. The largest absolute Gasteiger partial charge is 0.389 e. The molecule has 1 atom stereocenters. The molecule has 1 aromatic heterocycles. The van der Waals surface area contributed by atoms with Crippen molar-refractivity contribution in [3.05, 3.63) is 23.0 Å². The van der Waals surface area contributed by atoms with E-state index in [1.165, 1.54) is 0 Å².